The molecule has 1 aromatic carbocycles. The number of rotatable bonds is 2. The van der Waals surface area contributed by atoms with Crippen LogP contribution in [0.3, 0.4) is 0 Å². The lowest BCUT2D eigenvalue weighted by atomic mass is 10.3. The molecule has 1 amide bonds. The van der Waals surface area contributed by atoms with E-state index >= 15 is 0 Å². The van der Waals surface area contributed by atoms with Crippen molar-refractivity contribution in [2.45, 2.75) is 11.8 Å². The number of ether oxygens (including phenoxy) is 1. The van der Waals surface area contributed by atoms with Gasteiger partial charge in [0.1, 0.15) is 10.8 Å². The zero-order valence-corrected chi connectivity index (χ0v) is 15.3. The molecule has 2 heterocycles. The molecule has 0 unspecified atom stereocenters. The highest BCUT2D eigenvalue weighted by atomic mass is 32.2. The topological polar surface area (TPSA) is 32.5 Å². The summed E-state index contributed by atoms with van der Waals surface area (Å²) in [6.07, 6.45) is 2.01. The number of fused-ring (bicyclic) bond motifs is 1. The van der Waals surface area contributed by atoms with Gasteiger partial charge in [0.2, 0.25) is 0 Å². The molecule has 2 aliphatic heterocycles. The highest BCUT2D eigenvalue weighted by Gasteiger charge is 2.41. The van der Waals surface area contributed by atoms with Crippen LogP contribution >= 0.6 is 35.3 Å². The molecule has 0 bridgehead atoms. The van der Waals surface area contributed by atoms with Crippen LogP contribution in [0.25, 0.3) is 0 Å². The summed E-state index contributed by atoms with van der Waals surface area (Å²) in [5.41, 5.74) is 1.08. The van der Waals surface area contributed by atoms with E-state index in [-0.39, 0.29) is 5.91 Å². The minimum atomic E-state index is 0.103. The zero-order valence-electron chi connectivity index (χ0n) is 12.9. The number of likely N-dealkylation sites (N-methyl/N-ethyl adjacent to an activating group) is 1. The van der Waals surface area contributed by atoms with Crippen LogP contribution in [0.1, 0.15) is 6.92 Å². The van der Waals surface area contributed by atoms with Gasteiger partial charge in [0.05, 0.1) is 12.8 Å². The van der Waals surface area contributed by atoms with Gasteiger partial charge in [-0.05, 0) is 25.3 Å². The molecule has 0 fully saturated rings. The number of amides is 1. The first-order valence-corrected chi connectivity index (χ1v) is 9.71. The summed E-state index contributed by atoms with van der Waals surface area (Å²) in [5, 5.41) is 1.00. The number of carbonyl (C=O) groups excluding carboxylic acids is 1. The first kappa shape index (κ1) is 15.8. The van der Waals surface area contributed by atoms with Crippen LogP contribution < -0.4 is 9.64 Å². The molecule has 1 aromatic rings. The second-order valence-electron chi connectivity index (χ2n) is 4.75. The first-order valence-electron chi connectivity index (χ1n) is 6.85. The number of thioether (sulfide) groups is 3. The predicted octanol–water partition coefficient (Wildman–Crippen LogP) is 3.43. The van der Waals surface area contributed by atoms with Crippen molar-refractivity contribution in [3.8, 4) is 5.75 Å². The Hall–Kier alpha value is -1.05. The van der Waals surface area contributed by atoms with Crippen molar-refractivity contribution in [2.24, 2.45) is 0 Å². The Balaban J connectivity index is 2.00. The third kappa shape index (κ3) is 2.45. The number of methoxy groups -OCH3 is 1. The van der Waals surface area contributed by atoms with Crippen LogP contribution in [0, 0.1) is 0 Å². The molecule has 0 N–H and O–H groups in total. The monoisotopic (exact) mass is 353 g/mol. The summed E-state index contributed by atoms with van der Waals surface area (Å²) in [6, 6.07) is 6.01. The van der Waals surface area contributed by atoms with Gasteiger partial charge in [0.15, 0.2) is 11.4 Å². The summed E-state index contributed by atoms with van der Waals surface area (Å²) >= 11 is 4.85. The molecule has 0 spiro atoms. The lowest BCUT2D eigenvalue weighted by Gasteiger charge is -2.14. The van der Waals surface area contributed by atoms with E-state index in [1.165, 1.54) is 0 Å². The van der Waals surface area contributed by atoms with Crippen molar-refractivity contribution < 1.29 is 14.1 Å². The van der Waals surface area contributed by atoms with Crippen molar-refractivity contribution in [1.29, 1.82) is 0 Å². The Morgan fingerprint density at radius 2 is 2.14 bits per heavy atom. The standard InChI is InChI=1S/C15H17N2O2S3/c1-5-17-13(18)12(22-15(17)20-4)14-16(2)10-8-9(19-3)6-7-11(10)21-14/h6-8H,5H2,1-4H3/q+1. The molecule has 2 aliphatic rings. The average molecular weight is 354 g/mol. The predicted molar refractivity (Wildman–Crippen MR) is 96.2 cm³/mol. The van der Waals surface area contributed by atoms with Crippen molar-refractivity contribution >= 4 is 51.3 Å². The molecular weight excluding hydrogens is 336 g/mol. The molecule has 0 saturated heterocycles. The molecule has 116 valence electrons. The largest absolute Gasteiger partial charge is 0.497 e. The quantitative estimate of drug-likeness (QED) is 0.598. The van der Waals surface area contributed by atoms with Crippen molar-refractivity contribution in [3.63, 3.8) is 0 Å². The van der Waals surface area contributed by atoms with Gasteiger partial charge >= 0.3 is 5.91 Å². The number of benzene rings is 1. The highest BCUT2D eigenvalue weighted by molar-refractivity contribution is 8.40. The van der Waals surface area contributed by atoms with Gasteiger partial charge in [-0.25, -0.2) is 4.79 Å². The summed E-state index contributed by atoms with van der Waals surface area (Å²) in [6.45, 7) is 2.71. The summed E-state index contributed by atoms with van der Waals surface area (Å²) in [7, 11) is 3.67. The fourth-order valence-electron chi connectivity index (χ4n) is 2.40. The second-order valence-corrected chi connectivity index (χ2v) is 7.83. The van der Waals surface area contributed by atoms with Crippen LogP contribution in [0.15, 0.2) is 33.0 Å². The number of anilines is 1. The van der Waals surface area contributed by atoms with E-state index in [0.29, 0.717) is 6.54 Å². The third-order valence-corrected chi connectivity index (χ3v) is 7.23. The number of hydrogen-bond acceptors (Lipinski definition) is 6. The molecule has 0 saturated carbocycles. The number of carbonyl (C=O) groups is 1. The van der Waals surface area contributed by atoms with Gasteiger partial charge in [0, 0.05) is 29.8 Å². The average Bonchev–Trinajstić information content (AvgIpc) is 3.03. The van der Waals surface area contributed by atoms with Gasteiger partial charge in [-0.1, -0.05) is 23.5 Å². The molecule has 4 nitrogen and oxygen atoms in total. The van der Waals surface area contributed by atoms with Crippen LogP contribution in [-0.2, 0) is 4.79 Å². The van der Waals surface area contributed by atoms with E-state index < -0.39 is 0 Å². The van der Waals surface area contributed by atoms with Gasteiger partial charge in [-0.2, -0.15) is 0 Å². The fraction of sp³-hybridized carbons (Fsp3) is 0.333. The van der Waals surface area contributed by atoms with Crippen molar-refractivity contribution in [2.75, 3.05) is 31.9 Å². The maximum Gasteiger partial charge on any atom is 0.430 e. The summed E-state index contributed by atoms with van der Waals surface area (Å²) < 4.78 is 8.19. The fourth-order valence-corrected chi connectivity index (χ4v) is 5.65. The lowest BCUT2D eigenvalue weighted by molar-refractivity contribution is -0.433. The second kappa shape index (κ2) is 6.22. The van der Waals surface area contributed by atoms with Crippen LogP contribution in [0.2, 0.25) is 0 Å². The smallest absolute Gasteiger partial charge is 0.430 e. The maximum atomic E-state index is 12.7. The molecule has 3 rings (SSSR count). The van der Waals surface area contributed by atoms with E-state index in [1.54, 1.807) is 42.4 Å². The lowest BCUT2D eigenvalue weighted by Crippen LogP contribution is -2.21. The van der Waals surface area contributed by atoms with Crippen LogP contribution in [-0.4, -0.2) is 41.8 Å². The Labute approximate surface area is 143 Å². The van der Waals surface area contributed by atoms with Gasteiger partial charge < -0.3 is 9.64 Å². The maximum absolute atomic E-state index is 12.7. The van der Waals surface area contributed by atoms with E-state index in [9.17, 15) is 4.79 Å². The number of hydrogen-bond donors (Lipinski definition) is 0. The van der Waals surface area contributed by atoms with Crippen molar-refractivity contribution in [1.82, 2.24) is 0 Å². The van der Waals surface area contributed by atoms with Crippen molar-refractivity contribution in [3.05, 3.63) is 28.1 Å². The summed E-state index contributed by atoms with van der Waals surface area (Å²) in [4.78, 5) is 16.7. The molecule has 0 radical (unpaired) electrons. The Bertz CT molecular complexity index is 713. The highest BCUT2D eigenvalue weighted by Crippen LogP contribution is 2.50. The molecule has 22 heavy (non-hydrogen) atoms. The van der Waals surface area contributed by atoms with Crippen LogP contribution in [0.5, 0.6) is 5.75 Å². The van der Waals surface area contributed by atoms with E-state index in [4.69, 9.17) is 4.74 Å². The molecule has 0 atom stereocenters. The van der Waals surface area contributed by atoms with Crippen LogP contribution in [0.4, 0.5) is 5.69 Å². The molecule has 0 aliphatic carbocycles. The zero-order chi connectivity index (χ0) is 15.9. The van der Waals surface area contributed by atoms with E-state index in [2.05, 4.69) is 4.90 Å². The third-order valence-electron chi connectivity index (χ3n) is 3.57. The molecular formula is C15H17N2O2S3+. The summed E-state index contributed by atoms with van der Waals surface area (Å²) in [5.74, 6) is 0.931. The minimum Gasteiger partial charge on any atom is -0.497 e. The molecule has 7 heteroatoms. The first-order chi connectivity index (χ1) is 10.6. The Morgan fingerprint density at radius 1 is 1.36 bits per heavy atom. The van der Waals surface area contributed by atoms with Gasteiger partial charge in [-0.3, -0.25) is 0 Å². The Morgan fingerprint density at radius 3 is 2.73 bits per heavy atom. The Kier molecular flexibility index (Phi) is 4.47. The van der Waals surface area contributed by atoms with Gasteiger partial charge in [-0.15, -0.1) is 4.58 Å². The number of nitrogens with zero attached hydrogens (tertiary/aromatic N) is 2. The molecule has 0 aromatic heterocycles. The van der Waals surface area contributed by atoms with E-state index in [0.717, 1.165) is 30.6 Å². The van der Waals surface area contributed by atoms with Gasteiger partial charge in [0.25, 0.3) is 4.38 Å². The van der Waals surface area contributed by atoms with E-state index in [1.807, 2.05) is 43.0 Å². The minimum absolute atomic E-state index is 0.103. The SMILES string of the molecule is CC[N+]1=C(SC)SC(=C2Sc3ccc(OC)cc3N2C)C1=O. The normalized spacial score (nSPS) is 20.9.